The molecule has 0 aliphatic rings. The minimum atomic E-state index is -0.772. The number of hydrazone groups is 1. The maximum atomic E-state index is 10.9. The number of rotatable bonds is 4. The highest BCUT2D eigenvalue weighted by atomic mass is 35.5. The molecule has 0 bridgehead atoms. The van der Waals surface area contributed by atoms with Gasteiger partial charge in [0.05, 0.1) is 21.3 Å². The molecule has 26 heavy (non-hydrogen) atoms. The molecule has 2 aromatic carbocycles. The number of phenols is 2. The van der Waals surface area contributed by atoms with E-state index in [1.807, 2.05) is 0 Å². The van der Waals surface area contributed by atoms with Crippen molar-refractivity contribution in [3.63, 3.8) is 0 Å². The quantitative estimate of drug-likeness (QED) is 0.258. The summed E-state index contributed by atoms with van der Waals surface area (Å²) in [5.41, 5.74) is 2.70. The van der Waals surface area contributed by atoms with E-state index in [1.54, 1.807) is 18.2 Å². The Labute approximate surface area is 163 Å². The van der Waals surface area contributed by atoms with Crippen molar-refractivity contribution in [1.29, 1.82) is 0 Å². The van der Waals surface area contributed by atoms with Crippen molar-refractivity contribution in [1.82, 2.24) is 5.43 Å². The van der Waals surface area contributed by atoms with Gasteiger partial charge in [0.25, 0.3) is 0 Å². The van der Waals surface area contributed by atoms with Crippen molar-refractivity contribution in [2.75, 3.05) is 5.32 Å². The lowest BCUT2D eigenvalue weighted by atomic mass is 10.1. The van der Waals surface area contributed by atoms with Crippen LogP contribution in [0.15, 0.2) is 35.4 Å². The Balaban J connectivity index is 2.17. The highest BCUT2D eigenvalue weighted by Gasteiger charge is 2.19. The highest BCUT2D eigenvalue weighted by molar-refractivity contribution is 7.80. The second kappa shape index (κ2) is 8.17. The Kier molecular flexibility index (Phi) is 6.19. The van der Waals surface area contributed by atoms with Crippen molar-refractivity contribution < 1.29 is 15.1 Å². The molecule has 0 aliphatic heterocycles. The van der Waals surface area contributed by atoms with E-state index in [0.717, 1.165) is 12.1 Å². The van der Waals surface area contributed by atoms with E-state index >= 15 is 0 Å². The monoisotopic (exact) mass is 414 g/mol. The summed E-state index contributed by atoms with van der Waals surface area (Å²) in [7, 11) is 0. The van der Waals surface area contributed by atoms with Gasteiger partial charge in [0.1, 0.15) is 5.75 Å². The lowest BCUT2D eigenvalue weighted by Crippen LogP contribution is -2.25. The number of hydrogen-bond donors (Lipinski definition) is 4. The van der Waals surface area contributed by atoms with Gasteiger partial charge < -0.3 is 15.5 Å². The van der Waals surface area contributed by atoms with Gasteiger partial charge in [0.2, 0.25) is 0 Å². The van der Waals surface area contributed by atoms with Gasteiger partial charge in [-0.3, -0.25) is 15.5 Å². The summed E-state index contributed by atoms with van der Waals surface area (Å²) in [5.74, 6) is -1.02. The molecule has 0 aromatic heterocycles. The SMILES string of the molecule is CC(=NNC(=S)Nc1cc(Cl)ccc1Cl)c1cc([N+](=O)[O-])c(O)cc1O. The summed E-state index contributed by atoms with van der Waals surface area (Å²) >= 11 is 17.0. The highest BCUT2D eigenvalue weighted by Crippen LogP contribution is 2.33. The minimum Gasteiger partial charge on any atom is -0.507 e. The second-order valence-electron chi connectivity index (χ2n) is 5.00. The van der Waals surface area contributed by atoms with E-state index in [4.69, 9.17) is 35.4 Å². The molecule has 4 N–H and O–H groups in total. The van der Waals surface area contributed by atoms with Crippen LogP contribution in [0.2, 0.25) is 10.0 Å². The van der Waals surface area contributed by atoms with E-state index in [2.05, 4.69) is 15.8 Å². The van der Waals surface area contributed by atoms with E-state index < -0.39 is 16.4 Å². The number of nitro groups is 1. The number of nitro benzene ring substituents is 1. The number of anilines is 1. The van der Waals surface area contributed by atoms with Crippen LogP contribution in [0.4, 0.5) is 11.4 Å². The standard InChI is InChI=1S/C15H12Cl2N4O4S/c1-7(9-5-12(21(24)25)14(23)6-13(9)22)19-20-15(26)18-11-4-8(16)2-3-10(11)17/h2-6,22-23H,1H3,(H2,18,20,26). The van der Waals surface area contributed by atoms with E-state index in [1.165, 1.54) is 6.92 Å². The van der Waals surface area contributed by atoms with Crippen molar-refractivity contribution in [2.24, 2.45) is 5.10 Å². The predicted octanol–water partition coefficient (Wildman–Crippen LogP) is 4.02. The number of benzene rings is 2. The first-order valence-electron chi connectivity index (χ1n) is 6.96. The number of nitrogens with one attached hydrogen (secondary N) is 2. The van der Waals surface area contributed by atoms with Gasteiger partial charge in [-0.15, -0.1) is 0 Å². The maximum Gasteiger partial charge on any atom is 0.311 e. The smallest absolute Gasteiger partial charge is 0.311 e. The van der Waals surface area contributed by atoms with Crippen LogP contribution in [0.3, 0.4) is 0 Å². The Morgan fingerprint density at radius 1 is 1.23 bits per heavy atom. The summed E-state index contributed by atoms with van der Waals surface area (Å²) in [6, 6.07) is 6.67. The average Bonchev–Trinajstić information content (AvgIpc) is 2.55. The van der Waals surface area contributed by atoms with Crippen LogP contribution in [0.1, 0.15) is 12.5 Å². The van der Waals surface area contributed by atoms with E-state index in [9.17, 15) is 20.3 Å². The number of thiocarbonyl (C=S) groups is 1. The van der Waals surface area contributed by atoms with Gasteiger partial charge >= 0.3 is 5.69 Å². The normalized spacial score (nSPS) is 11.1. The van der Waals surface area contributed by atoms with Gasteiger partial charge in [-0.05, 0) is 37.3 Å². The number of hydrogen-bond acceptors (Lipinski definition) is 6. The van der Waals surface area contributed by atoms with Crippen LogP contribution in [-0.4, -0.2) is 26.0 Å². The summed E-state index contributed by atoms with van der Waals surface area (Å²) in [5, 5.41) is 37.9. The molecule has 0 radical (unpaired) electrons. The molecular formula is C15H12Cl2N4O4S. The zero-order valence-electron chi connectivity index (χ0n) is 13.2. The zero-order valence-corrected chi connectivity index (χ0v) is 15.5. The first-order valence-corrected chi connectivity index (χ1v) is 8.12. The molecule has 2 rings (SSSR count). The van der Waals surface area contributed by atoms with Gasteiger partial charge in [-0.1, -0.05) is 23.2 Å². The second-order valence-corrected chi connectivity index (χ2v) is 6.25. The van der Waals surface area contributed by atoms with Crippen molar-refractivity contribution >= 4 is 57.6 Å². The largest absolute Gasteiger partial charge is 0.507 e. The van der Waals surface area contributed by atoms with E-state index in [0.29, 0.717) is 15.7 Å². The Morgan fingerprint density at radius 2 is 1.92 bits per heavy atom. The number of halogens is 2. The minimum absolute atomic E-state index is 0.0607. The first kappa shape index (κ1) is 19.7. The first-order chi connectivity index (χ1) is 12.2. The molecule has 0 aliphatic carbocycles. The fraction of sp³-hybridized carbons (Fsp3) is 0.0667. The van der Waals surface area contributed by atoms with Crippen LogP contribution in [0.25, 0.3) is 0 Å². The molecule has 0 heterocycles. The average molecular weight is 415 g/mol. The molecule has 0 atom stereocenters. The van der Waals surface area contributed by atoms with Gasteiger partial charge in [0.15, 0.2) is 10.9 Å². The molecule has 8 nitrogen and oxygen atoms in total. The lowest BCUT2D eigenvalue weighted by molar-refractivity contribution is -0.385. The van der Waals surface area contributed by atoms with Crippen LogP contribution >= 0.6 is 35.4 Å². The summed E-state index contributed by atoms with van der Waals surface area (Å²) in [6.07, 6.45) is 0. The lowest BCUT2D eigenvalue weighted by Gasteiger charge is -2.10. The predicted molar refractivity (Wildman–Crippen MR) is 104 cm³/mol. The molecule has 11 heteroatoms. The molecule has 0 saturated heterocycles. The summed E-state index contributed by atoms with van der Waals surface area (Å²) in [6.45, 7) is 1.50. The van der Waals surface area contributed by atoms with E-state index in [-0.39, 0.29) is 22.1 Å². The van der Waals surface area contributed by atoms with Gasteiger partial charge in [0, 0.05) is 22.7 Å². The summed E-state index contributed by atoms with van der Waals surface area (Å²) < 4.78 is 0. The molecule has 0 saturated carbocycles. The van der Waals surface area contributed by atoms with Crippen LogP contribution in [0, 0.1) is 10.1 Å². The van der Waals surface area contributed by atoms with Crippen LogP contribution in [0.5, 0.6) is 11.5 Å². The molecule has 136 valence electrons. The maximum absolute atomic E-state index is 10.9. The Bertz CT molecular complexity index is 921. The van der Waals surface area contributed by atoms with Gasteiger partial charge in [-0.25, -0.2) is 0 Å². The number of nitrogens with zero attached hydrogens (tertiary/aromatic N) is 2. The summed E-state index contributed by atoms with van der Waals surface area (Å²) in [4.78, 5) is 10.1. The van der Waals surface area contributed by atoms with Crippen molar-refractivity contribution in [3.05, 3.63) is 56.1 Å². The number of phenolic OH excluding ortho intramolecular Hbond substituents is 2. The zero-order chi connectivity index (χ0) is 19.4. The third kappa shape index (κ3) is 4.72. The van der Waals surface area contributed by atoms with Crippen molar-refractivity contribution in [2.45, 2.75) is 6.92 Å². The third-order valence-corrected chi connectivity index (χ3v) is 3.94. The number of aromatic hydroxyl groups is 2. The van der Waals surface area contributed by atoms with Crippen LogP contribution in [-0.2, 0) is 0 Å². The fourth-order valence-corrected chi connectivity index (χ4v) is 2.43. The molecule has 0 fully saturated rings. The topological polar surface area (TPSA) is 120 Å². The van der Waals surface area contributed by atoms with Gasteiger partial charge in [-0.2, -0.15) is 5.10 Å². The molecule has 2 aromatic rings. The fourth-order valence-electron chi connectivity index (χ4n) is 1.94. The molecule has 0 unspecified atom stereocenters. The molecule has 0 amide bonds. The Morgan fingerprint density at radius 3 is 2.58 bits per heavy atom. The van der Waals surface area contributed by atoms with Crippen LogP contribution < -0.4 is 10.7 Å². The third-order valence-electron chi connectivity index (χ3n) is 3.18. The van der Waals surface area contributed by atoms with Crippen molar-refractivity contribution in [3.8, 4) is 11.5 Å². The Hall–Kier alpha value is -2.62. The molecular weight excluding hydrogens is 403 g/mol. The molecule has 0 spiro atoms.